The topological polar surface area (TPSA) is 83.6 Å². The average Bonchev–Trinajstić information content (AvgIpc) is 2.68. The zero-order valence-electron chi connectivity index (χ0n) is 17.2. The van der Waals surface area contributed by atoms with Gasteiger partial charge in [-0.15, -0.1) is 0 Å². The summed E-state index contributed by atoms with van der Waals surface area (Å²) in [5, 5.41) is 6.36. The van der Waals surface area contributed by atoms with Gasteiger partial charge in [0.15, 0.2) is 0 Å². The molecule has 1 aromatic carbocycles. The van der Waals surface area contributed by atoms with Gasteiger partial charge in [0.1, 0.15) is 0 Å². The lowest BCUT2D eigenvalue weighted by Gasteiger charge is -2.31. The Balaban J connectivity index is 1.58. The summed E-state index contributed by atoms with van der Waals surface area (Å²) in [5.74, 6) is -0.156. The van der Waals surface area contributed by atoms with E-state index in [2.05, 4.69) is 33.8 Å². The van der Waals surface area contributed by atoms with E-state index >= 15 is 0 Å². The third-order valence-corrected chi connectivity index (χ3v) is 4.87. The first-order valence-corrected chi connectivity index (χ1v) is 9.97. The molecule has 0 saturated carbocycles. The summed E-state index contributed by atoms with van der Waals surface area (Å²) in [6.07, 6.45) is 4.39. The van der Waals surface area contributed by atoms with E-state index in [1.54, 1.807) is 30.3 Å². The van der Waals surface area contributed by atoms with Gasteiger partial charge in [-0.1, -0.05) is 6.07 Å². The Hall–Kier alpha value is -3.09. The van der Waals surface area contributed by atoms with Crippen LogP contribution in [0.2, 0.25) is 0 Å². The van der Waals surface area contributed by atoms with Crippen LogP contribution in [0.4, 0.5) is 16.2 Å². The molecule has 0 spiro atoms. The van der Waals surface area contributed by atoms with Crippen LogP contribution in [-0.2, 0) is 4.74 Å². The molecule has 2 amide bonds. The number of carbonyl (C=O) groups is 2. The van der Waals surface area contributed by atoms with Crippen molar-refractivity contribution in [1.29, 1.82) is 0 Å². The normalized spacial score (nSPS) is 14.4. The van der Waals surface area contributed by atoms with Crippen molar-refractivity contribution in [3.05, 3.63) is 53.3 Å². The van der Waals surface area contributed by atoms with Crippen molar-refractivity contribution in [3.8, 4) is 0 Å². The first-order valence-electron chi connectivity index (χ1n) is 9.97. The number of aromatic nitrogens is 1. The van der Waals surface area contributed by atoms with Gasteiger partial charge in [0, 0.05) is 31.0 Å². The van der Waals surface area contributed by atoms with Crippen molar-refractivity contribution in [2.75, 3.05) is 25.0 Å². The summed E-state index contributed by atoms with van der Waals surface area (Å²) in [6, 6.07) is 8.05. The standard InChI is InChI=1S/C22H28N4O3/c1-4-29-22(28)26-7-5-18(6-8-26)25-21(27)17-12-20(14-23-13-17)24-19-10-15(2)9-16(3)11-19/h9-14,18,24H,4-8H2,1-3H3,(H,25,27). The van der Waals surface area contributed by atoms with Gasteiger partial charge in [-0.25, -0.2) is 4.79 Å². The van der Waals surface area contributed by atoms with E-state index in [-0.39, 0.29) is 18.0 Å². The predicted octanol–water partition coefficient (Wildman–Crippen LogP) is 3.79. The smallest absolute Gasteiger partial charge is 0.409 e. The van der Waals surface area contributed by atoms with Crippen LogP contribution in [0.3, 0.4) is 0 Å². The van der Waals surface area contributed by atoms with Crippen LogP contribution < -0.4 is 10.6 Å². The van der Waals surface area contributed by atoms with E-state index in [0.29, 0.717) is 38.1 Å². The second-order valence-electron chi connectivity index (χ2n) is 7.40. The quantitative estimate of drug-likeness (QED) is 0.803. The Morgan fingerprint density at radius 1 is 1.07 bits per heavy atom. The molecule has 1 saturated heterocycles. The number of aryl methyl sites for hydroxylation is 2. The molecule has 7 heteroatoms. The Morgan fingerprint density at radius 3 is 2.41 bits per heavy atom. The number of amides is 2. The number of carbonyl (C=O) groups excluding carboxylic acids is 2. The number of likely N-dealkylation sites (tertiary alicyclic amines) is 1. The molecule has 0 atom stereocenters. The fourth-order valence-electron chi connectivity index (χ4n) is 3.54. The van der Waals surface area contributed by atoms with E-state index in [4.69, 9.17) is 4.74 Å². The molecule has 154 valence electrons. The van der Waals surface area contributed by atoms with Crippen LogP contribution in [0.15, 0.2) is 36.7 Å². The van der Waals surface area contributed by atoms with Crippen molar-refractivity contribution in [1.82, 2.24) is 15.2 Å². The van der Waals surface area contributed by atoms with Gasteiger partial charge in [-0.2, -0.15) is 0 Å². The lowest BCUT2D eigenvalue weighted by Crippen LogP contribution is -2.46. The molecule has 2 heterocycles. The minimum Gasteiger partial charge on any atom is -0.450 e. The molecule has 29 heavy (non-hydrogen) atoms. The molecule has 0 unspecified atom stereocenters. The van der Waals surface area contributed by atoms with Crippen molar-refractivity contribution >= 4 is 23.4 Å². The van der Waals surface area contributed by atoms with Crippen LogP contribution in [0.5, 0.6) is 0 Å². The molecule has 2 aromatic rings. The number of hydrogen-bond acceptors (Lipinski definition) is 5. The largest absolute Gasteiger partial charge is 0.450 e. The molecule has 1 aromatic heterocycles. The third-order valence-electron chi connectivity index (χ3n) is 4.87. The first kappa shape index (κ1) is 20.6. The third kappa shape index (κ3) is 5.70. The highest BCUT2D eigenvalue weighted by Crippen LogP contribution is 2.20. The van der Waals surface area contributed by atoms with Crippen molar-refractivity contribution in [3.63, 3.8) is 0 Å². The highest BCUT2D eigenvalue weighted by atomic mass is 16.6. The van der Waals surface area contributed by atoms with E-state index in [9.17, 15) is 9.59 Å². The van der Waals surface area contributed by atoms with Gasteiger partial charge in [0.25, 0.3) is 5.91 Å². The van der Waals surface area contributed by atoms with E-state index in [1.165, 1.54) is 11.1 Å². The second kappa shape index (κ2) is 9.41. The van der Waals surface area contributed by atoms with Crippen molar-refractivity contribution in [2.24, 2.45) is 0 Å². The number of nitrogens with one attached hydrogen (secondary N) is 2. The second-order valence-corrected chi connectivity index (χ2v) is 7.40. The van der Waals surface area contributed by atoms with E-state index in [1.807, 2.05) is 13.8 Å². The average molecular weight is 396 g/mol. The van der Waals surface area contributed by atoms with Gasteiger partial charge in [0.05, 0.1) is 24.1 Å². The van der Waals surface area contributed by atoms with Gasteiger partial charge in [-0.3, -0.25) is 9.78 Å². The minimum absolute atomic E-state index is 0.0317. The SMILES string of the molecule is CCOC(=O)N1CCC(NC(=O)c2cncc(Nc3cc(C)cc(C)c3)c2)CC1. The summed E-state index contributed by atoms with van der Waals surface area (Å²) < 4.78 is 5.03. The summed E-state index contributed by atoms with van der Waals surface area (Å²) >= 11 is 0. The predicted molar refractivity (Wildman–Crippen MR) is 113 cm³/mol. The molecule has 1 aliphatic heterocycles. The number of piperidine rings is 1. The van der Waals surface area contributed by atoms with Crippen LogP contribution in [0.1, 0.15) is 41.3 Å². The molecule has 2 N–H and O–H groups in total. The first-order chi connectivity index (χ1) is 13.9. The molecular weight excluding hydrogens is 368 g/mol. The number of hydrogen-bond donors (Lipinski definition) is 2. The maximum atomic E-state index is 12.7. The summed E-state index contributed by atoms with van der Waals surface area (Å²) in [7, 11) is 0. The van der Waals surface area contributed by atoms with Crippen molar-refractivity contribution < 1.29 is 14.3 Å². The highest BCUT2D eigenvalue weighted by molar-refractivity contribution is 5.95. The molecule has 0 radical (unpaired) electrons. The minimum atomic E-state index is -0.286. The molecule has 0 aliphatic carbocycles. The van der Waals surface area contributed by atoms with Gasteiger partial charge in [0.2, 0.25) is 0 Å². The highest BCUT2D eigenvalue weighted by Gasteiger charge is 2.24. The zero-order chi connectivity index (χ0) is 20.8. The van der Waals surface area contributed by atoms with Gasteiger partial charge < -0.3 is 20.3 Å². The number of pyridine rings is 1. The van der Waals surface area contributed by atoms with E-state index in [0.717, 1.165) is 11.4 Å². The fraction of sp³-hybridized carbons (Fsp3) is 0.409. The summed E-state index contributed by atoms with van der Waals surface area (Å²) in [6.45, 7) is 7.42. The monoisotopic (exact) mass is 396 g/mol. The molecule has 1 aliphatic rings. The Morgan fingerprint density at radius 2 is 1.76 bits per heavy atom. The lowest BCUT2D eigenvalue weighted by atomic mass is 10.0. The number of nitrogens with zero attached hydrogens (tertiary/aromatic N) is 2. The lowest BCUT2D eigenvalue weighted by molar-refractivity contribution is 0.0860. The molecule has 3 rings (SSSR count). The van der Waals surface area contributed by atoms with Crippen LogP contribution in [0.25, 0.3) is 0 Å². The summed E-state index contributed by atoms with van der Waals surface area (Å²) in [5.41, 5.74) is 4.58. The number of anilines is 2. The maximum absolute atomic E-state index is 12.7. The summed E-state index contributed by atoms with van der Waals surface area (Å²) in [4.78, 5) is 30.3. The number of rotatable bonds is 5. The van der Waals surface area contributed by atoms with Crippen LogP contribution in [-0.4, -0.2) is 47.6 Å². The van der Waals surface area contributed by atoms with Crippen LogP contribution in [0, 0.1) is 13.8 Å². The zero-order valence-corrected chi connectivity index (χ0v) is 17.2. The molecule has 7 nitrogen and oxygen atoms in total. The Labute approximate surface area is 171 Å². The molecular formula is C22H28N4O3. The number of ether oxygens (including phenoxy) is 1. The molecule has 1 fully saturated rings. The fourth-order valence-corrected chi connectivity index (χ4v) is 3.54. The van der Waals surface area contributed by atoms with Crippen LogP contribution >= 0.6 is 0 Å². The number of benzene rings is 1. The Bertz CT molecular complexity index is 856. The van der Waals surface area contributed by atoms with Gasteiger partial charge >= 0.3 is 6.09 Å². The molecule has 0 bridgehead atoms. The Kier molecular flexibility index (Phi) is 6.69. The van der Waals surface area contributed by atoms with Crippen molar-refractivity contribution in [2.45, 2.75) is 39.7 Å². The maximum Gasteiger partial charge on any atom is 0.409 e. The van der Waals surface area contributed by atoms with E-state index < -0.39 is 0 Å². The van der Waals surface area contributed by atoms with Gasteiger partial charge in [-0.05, 0) is 62.9 Å².